The Hall–Kier alpha value is -2.75. The molecule has 2 aromatic rings. The topological polar surface area (TPSA) is 47.6 Å². The van der Waals surface area contributed by atoms with Crippen LogP contribution >= 0.6 is 0 Å². The summed E-state index contributed by atoms with van der Waals surface area (Å²) in [5.74, 6) is 1.30. The molecular weight excluding hydrogens is 314 g/mol. The van der Waals surface area contributed by atoms with Crippen molar-refractivity contribution >= 4 is 11.7 Å². The number of fused-ring (bicyclic) bond motifs is 3. The van der Waals surface area contributed by atoms with Crippen LogP contribution in [0.25, 0.3) is 0 Å². The van der Waals surface area contributed by atoms with Crippen molar-refractivity contribution in [3.8, 4) is 5.75 Å². The minimum absolute atomic E-state index is 0.214. The van der Waals surface area contributed by atoms with Crippen LogP contribution in [-0.4, -0.2) is 20.2 Å². The second-order valence-corrected chi connectivity index (χ2v) is 6.55. The average molecular weight is 335 g/mol. The standard InChI is InChI=1S/C21H21NO3/c1-24-15-6-3-5-13(11-15)20-17-8-4-7-16(17)18-12-14(21(23)25-2)9-10-19(18)22-20/h3-7,9-12,16-17,20,22H,8H2,1-2H3. The molecule has 4 nitrogen and oxygen atoms in total. The molecule has 25 heavy (non-hydrogen) atoms. The highest BCUT2D eigenvalue weighted by atomic mass is 16.5. The third-order valence-corrected chi connectivity index (χ3v) is 5.24. The largest absolute Gasteiger partial charge is 0.497 e. The van der Waals surface area contributed by atoms with Crippen molar-refractivity contribution in [2.75, 3.05) is 19.5 Å². The molecule has 0 spiro atoms. The van der Waals surface area contributed by atoms with E-state index in [1.54, 1.807) is 7.11 Å². The lowest BCUT2D eigenvalue weighted by atomic mass is 9.76. The number of hydrogen-bond acceptors (Lipinski definition) is 4. The van der Waals surface area contributed by atoms with Gasteiger partial charge < -0.3 is 14.8 Å². The lowest BCUT2D eigenvalue weighted by Crippen LogP contribution is -2.29. The van der Waals surface area contributed by atoms with Gasteiger partial charge in [0.05, 0.1) is 25.8 Å². The van der Waals surface area contributed by atoms with Crippen LogP contribution in [0.3, 0.4) is 0 Å². The van der Waals surface area contributed by atoms with Crippen LogP contribution in [0.1, 0.15) is 39.9 Å². The normalized spacial score (nSPS) is 23.4. The first-order chi connectivity index (χ1) is 12.2. The van der Waals surface area contributed by atoms with Gasteiger partial charge in [-0.3, -0.25) is 0 Å². The number of carbonyl (C=O) groups is 1. The van der Waals surface area contributed by atoms with Gasteiger partial charge in [0.15, 0.2) is 0 Å². The van der Waals surface area contributed by atoms with Gasteiger partial charge in [-0.2, -0.15) is 0 Å². The summed E-state index contributed by atoms with van der Waals surface area (Å²) in [5.41, 5.74) is 4.07. The minimum atomic E-state index is -0.295. The van der Waals surface area contributed by atoms with Crippen molar-refractivity contribution in [3.63, 3.8) is 0 Å². The summed E-state index contributed by atoms with van der Waals surface area (Å²) in [6.07, 6.45) is 5.52. The molecule has 3 unspecified atom stereocenters. The number of nitrogens with one attached hydrogen (secondary N) is 1. The summed E-state index contributed by atoms with van der Waals surface area (Å²) in [6.45, 7) is 0. The summed E-state index contributed by atoms with van der Waals surface area (Å²) in [5, 5.41) is 3.67. The molecule has 0 saturated heterocycles. The first-order valence-electron chi connectivity index (χ1n) is 8.50. The Morgan fingerprint density at radius 1 is 1.16 bits per heavy atom. The van der Waals surface area contributed by atoms with E-state index in [-0.39, 0.29) is 12.0 Å². The first-order valence-corrected chi connectivity index (χ1v) is 8.50. The Bertz CT molecular complexity index is 843. The number of anilines is 1. The fraction of sp³-hybridized carbons (Fsp3) is 0.286. The summed E-state index contributed by atoms with van der Waals surface area (Å²) < 4.78 is 10.2. The van der Waals surface area contributed by atoms with Crippen molar-refractivity contribution in [3.05, 3.63) is 71.3 Å². The molecule has 2 aromatic carbocycles. The molecule has 0 radical (unpaired) electrons. The number of methoxy groups -OCH3 is 2. The predicted molar refractivity (Wildman–Crippen MR) is 97.1 cm³/mol. The summed E-state index contributed by atoms with van der Waals surface area (Å²) in [6, 6.07) is 14.2. The van der Waals surface area contributed by atoms with Crippen molar-refractivity contribution < 1.29 is 14.3 Å². The molecule has 0 bridgehead atoms. The molecule has 4 rings (SSSR count). The van der Waals surface area contributed by atoms with Crippen LogP contribution in [-0.2, 0) is 4.74 Å². The zero-order valence-electron chi connectivity index (χ0n) is 14.4. The molecule has 3 atom stereocenters. The van der Waals surface area contributed by atoms with E-state index in [4.69, 9.17) is 9.47 Å². The van der Waals surface area contributed by atoms with Crippen molar-refractivity contribution in [1.82, 2.24) is 0 Å². The third-order valence-electron chi connectivity index (χ3n) is 5.24. The van der Waals surface area contributed by atoms with Crippen LogP contribution in [0.2, 0.25) is 0 Å². The van der Waals surface area contributed by atoms with Crippen LogP contribution in [0.4, 0.5) is 5.69 Å². The number of hydrogen-bond donors (Lipinski definition) is 1. The van der Waals surface area contributed by atoms with Gasteiger partial charge in [0.1, 0.15) is 5.75 Å². The molecule has 1 aliphatic heterocycles. The number of esters is 1. The molecule has 0 saturated carbocycles. The lowest BCUT2D eigenvalue weighted by molar-refractivity contribution is 0.0600. The zero-order chi connectivity index (χ0) is 17.4. The van der Waals surface area contributed by atoms with Crippen LogP contribution in [0.15, 0.2) is 54.6 Å². The van der Waals surface area contributed by atoms with Gasteiger partial charge in [-0.05, 0) is 53.8 Å². The van der Waals surface area contributed by atoms with Gasteiger partial charge >= 0.3 is 5.97 Å². The second kappa shape index (κ2) is 6.28. The highest BCUT2D eigenvalue weighted by Gasteiger charge is 2.38. The fourth-order valence-corrected chi connectivity index (χ4v) is 4.00. The number of ether oxygens (including phenoxy) is 2. The Morgan fingerprint density at radius 3 is 2.84 bits per heavy atom. The van der Waals surface area contributed by atoms with E-state index in [1.165, 1.54) is 18.2 Å². The van der Waals surface area contributed by atoms with Gasteiger partial charge in [0.25, 0.3) is 0 Å². The number of carbonyl (C=O) groups excluding carboxylic acids is 1. The maximum absolute atomic E-state index is 11.9. The maximum Gasteiger partial charge on any atom is 0.337 e. The SMILES string of the molecule is COC(=O)c1ccc2c(c1)C1C=CCC1C(c1cccc(OC)c1)N2. The third kappa shape index (κ3) is 2.68. The van der Waals surface area contributed by atoms with E-state index in [0.29, 0.717) is 17.4 Å². The van der Waals surface area contributed by atoms with Gasteiger partial charge in [-0.25, -0.2) is 4.79 Å². The average Bonchev–Trinajstić information content (AvgIpc) is 3.16. The first kappa shape index (κ1) is 15.8. The van der Waals surface area contributed by atoms with Crippen molar-refractivity contribution in [1.29, 1.82) is 0 Å². The molecule has 1 aliphatic carbocycles. The van der Waals surface area contributed by atoms with E-state index in [9.17, 15) is 4.79 Å². The van der Waals surface area contributed by atoms with Gasteiger partial charge in [-0.15, -0.1) is 0 Å². The smallest absolute Gasteiger partial charge is 0.337 e. The summed E-state index contributed by atoms with van der Waals surface area (Å²) >= 11 is 0. The van der Waals surface area contributed by atoms with E-state index in [0.717, 1.165) is 17.9 Å². The Labute approximate surface area is 147 Å². The molecule has 1 N–H and O–H groups in total. The number of allylic oxidation sites excluding steroid dienone is 2. The molecule has 2 aliphatic rings. The predicted octanol–water partition coefficient (Wildman–Crippen LogP) is 4.31. The quantitative estimate of drug-likeness (QED) is 0.671. The lowest BCUT2D eigenvalue weighted by Gasteiger charge is -2.37. The van der Waals surface area contributed by atoms with Gasteiger partial charge in [0, 0.05) is 11.6 Å². The van der Waals surface area contributed by atoms with Crippen LogP contribution < -0.4 is 10.1 Å². The highest BCUT2D eigenvalue weighted by molar-refractivity contribution is 5.90. The van der Waals surface area contributed by atoms with Gasteiger partial charge in [-0.1, -0.05) is 24.3 Å². The van der Waals surface area contributed by atoms with E-state index in [1.807, 2.05) is 30.3 Å². The molecule has 128 valence electrons. The molecule has 1 heterocycles. The Balaban J connectivity index is 1.74. The van der Waals surface area contributed by atoms with Crippen LogP contribution in [0.5, 0.6) is 5.75 Å². The maximum atomic E-state index is 11.9. The van der Waals surface area contributed by atoms with Crippen LogP contribution in [0, 0.1) is 5.92 Å². The van der Waals surface area contributed by atoms with E-state index in [2.05, 4.69) is 29.6 Å². The molecule has 0 amide bonds. The fourth-order valence-electron chi connectivity index (χ4n) is 4.00. The Morgan fingerprint density at radius 2 is 2.04 bits per heavy atom. The second-order valence-electron chi connectivity index (χ2n) is 6.55. The highest BCUT2D eigenvalue weighted by Crippen LogP contribution is 2.50. The monoisotopic (exact) mass is 335 g/mol. The van der Waals surface area contributed by atoms with Gasteiger partial charge in [0.2, 0.25) is 0 Å². The number of benzene rings is 2. The molecular formula is C21H21NO3. The van der Waals surface area contributed by atoms with E-state index >= 15 is 0 Å². The van der Waals surface area contributed by atoms with E-state index < -0.39 is 0 Å². The summed E-state index contributed by atoms with van der Waals surface area (Å²) in [7, 11) is 3.11. The molecule has 0 aromatic heterocycles. The molecule has 0 fully saturated rings. The molecule has 4 heteroatoms. The number of rotatable bonds is 3. The minimum Gasteiger partial charge on any atom is -0.497 e. The summed E-state index contributed by atoms with van der Waals surface area (Å²) in [4.78, 5) is 11.9. The Kier molecular flexibility index (Phi) is 3.96. The van der Waals surface area contributed by atoms with Crippen molar-refractivity contribution in [2.24, 2.45) is 5.92 Å². The van der Waals surface area contributed by atoms with Crippen molar-refractivity contribution in [2.45, 2.75) is 18.4 Å². The zero-order valence-corrected chi connectivity index (χ0v) is 14.4.